The number of amides is 2. The van der Waals surface area contributed by atoms with Crippen molar-refractivity contribution in [1.82, 2.24) is 4.90 Å². The summed E-state index contributed by atoms with van der Waals surface area (Å²) in [4.78, 5) is 12.5. The van der Waals surface area contributed by atoms with Crippen LogP contribution in [0.5, 0.6) is 0 Å². The number of carbonyl (C=O) groups excluding carboxylic acids is 1. The van der Waals surface area contributed by atoms with Crippen LogP contribution in [0, 0.1) is 0 Å². The maximum absolute atomic E-state index is 10.8. The Labute approximate surface area is 79.0 Å². The van der Waals surface area contributed by atoms with E-state index in [0.717, 1.165) is 25.9 Å². The number of likely N-dealkylation sites (tertiary alicyclic amines) is 1. The van der Waals surface area contributed by atoms with Gasteiger partial charge >= 0.3 is 6.03 Å². The van der Waals surface area contributed by atoms with E-state index < -0.39 is 0 Å². The molecule has 0 aliphatic carbocycles. The van der Waals surface area contributed by atoms with E-state index in [1.807, 2.05) is 13.8 Å². The van der Waals surface area contributed by atoms with Gasteiger partial charge in [-0.05, 0) is 26.7 Å². The number of urea groups is 1. The van der Waals surface area contributed by atoms with E-state index in [9.17, 15) is 4.79 Å². The van der Waals surface area contributed by atoms with Crippen molar-refractivity contribution >= 4 is 6.03 Å². The summed E-state index contributed by atoms with van der Waals surface area (Å²) < 4.78 is 5.64. The quantitative estimate of drug-likeness (QED) is 0.698. The number of piperidine rings is 1. The molecule has 1 heterocycles. The minimum atomic E-state index is -0.317. The van der Waals surface area contributed by atoms with Gasteiger partial charge in [0.2, 0.25) is 0 Å². The SMILES string of the molecule is CC(C)OC1CCN(C(N)=O)CC1. The predicted molar refractivity (Wildman–Crippen MR) is 50.4 cm³/mol. The summed E-state index contributed by atoms with van der Waals surface area (Å²) in [7, 11) is 0. The van der Waals surface area contributed by atoms with Gasteiger partial charge in [-0.2, -0.15) is 0 Å². The lowest BCUT2D eigenvalue weighted by Crippen LogP contribution is -2.43. The topological polar surface area (TPSA) is 55.6 Å². The molecule has 4 heteroatoms. The molecule has 0 unspecified atom stereocenters. The zero-order valence-corrected chi connectivity index (χ0v) is 8.32. The van der Waals surface area contributed by atoms with Crippen LogP contribution < -0.4 is 5.73 Å². The summed E-state index contributed by atoms with van der Waals surface area (Å²) in [5.41, 5.74) is 5.16. The molecule has 0 aromatic rings. The first-order valence-electron chi connectivity index (χ1n) is 4.79. The summed E-state index contributed by atoms with van der Waals surface area (Å²) in [5, 5.41) is 0. The minimum Gasteiger partial charge on any atom is -0.375 e. The Morgan fingerprint density at radius 1 is 1.46 bits per heavy atom. The van der Waals surface area contributed by atoms with Crippen molar-refractivity contribution in [2.45, 2.75) is 38.9 Å². The van der Waals surface area contributed by atoms with Crippen LogP contribution in [0.3, 0.4) is 0 Å². The second kappa shape index (κ2) is 4.46. The predicted octanol–water partition coefficient (Wildman–Crippen LogP) is 0.955. The highest BCUT2D eigenvalue weighted by molar-refractivity contribution is 5.72. The van der Waals surface area contributed by atoms with Gasteiger partial charge in [-0.15, -0.1) is 0 Å². The zero-order valence-electron chi connectivity index (χ0n) is 8.32. The summed E-state index contributed by atoms with van der Waals surface area (Å²) in [6.45, 7) is 5.51. The number of hydrogen-bond donors (Lipinski definition) is 1. The molecule has 0 saturated carbocycles. The summed E-state index contributed by atoms with van der Waals surface area (Å²) in [6, 6.07) is -0.317. The average Bonchev–Trinajstić information content (AvgIpc) is 2.04. The largest absolute Gasteiger partial charge is 0.375 e. The van der Waals surface area contributed by atoms with Gasteiger partial charge in [-0.3, -0.25) is 0 Å². The van der Waals surface area contributed by atoms with Crippen molar-refractivity contribution in [1.29, 1.82) is 0 Å². The molecule has 1 fully saturated rings. The average molecular weight is 186 g/mol. The van der Waals surface area contributed by atoms with Gasteiger partial charge in [-0.25, -0.2) is 4.79 Å². The number of rotatable bonds is 2. The van der Waals surface area contributed by atoms with E-state index in [1.165, 1.54) is 0 Å². The summed E-state index contributed by atoms with van der Waals surface area (Å²) >= 11 is 0. The van der Waals surface area contributed by atoms with Crippen molar-refractivity contribution in [2.24, 2.45) is 5.73 Å². The fraction of sp³-hybridized carbons (Fsp3) is 0.889. The zero-order chi connectivity index (χ0) is 9.84. The van der Waals surface area contributed by atoms with Crippen LogP contribution in [0.15, 0.2) is 0 Å². The Morgan fingerprint density at radius 3 is 2.38 bits per heavy atom. The Balaban J connectivity index is 2.26. The van der Waals surface area contributed by atoms with E-state index in [0.29, 0.717) is 6.10 Å². The van der Waals surface area contributed by atoms with Crippen LogP contribution in [-0.2, 0) is 4.74 Å². The third-order valence-corrected chi connectivity index (χ3v) is 2.22. The second-order valence-electron chi connectivity index (χ2n) is 3.71. The normalized spacial score (nSPS) is 19.5. The molecule has 0 aromatic heterocycles. The fourth-order valence-electron chi connectivity index (χ4n) is 1.60. The van der Waals surface area contributed by atoms with Crippen LogP contribution in [0.25, 0.3) is 0 Å². The molecule has 76 valence electrons. The number of nitrogens with zero attached hydrogens (tertiary/aromatic N) is 1. The fourth-order valence-corrected chi connectivity index (χ4v) is 1.60. The lowest BCUT2D eigenvalue weighted by molar-refractivity contribution is -0.0206. The van der Waals surface area contributed by atoms with Crippen molar-refractivity contribution in [2.75, 3.05) is 13.1 Å². The molecule has 0 spiro atoms. The van der Waals surface area contributed by atoms with Gasteiger partial charge < -0.3 is 15.4 Å². The van der Waals surface area contributed by atoms with Crippen LogP contribution in [0.4, 0.5) is 4.79 Å². The molecule has 2 amide bonds. The molecule has 13 heavy (non-hydrogen) atoms. The number of nitrogens with two attached hydrogens (primary N) is 1. The van der Waals surface area contributed by atoms with Gasteiger partial charge in [0, 0.05) is 13.1 Å². The van der Waals surface area contributed by atoms with Crippen LogP contribution in [0.2, 0.25) is 0 Å². The molecule has 1 aliphatic rings. The molecule has 1 aliphatic heterocycles. The number of hydrogen-bond acceptors (Lipinski definition) is 2. The Bertz CT molecular complexity index is 174. The summed E-state index contributed by atoms with van der Waals surface area (Å²) in [6.07, 6.45) is 2.38. The molecule has 4 nitrogen and oxygen atoms in total. The molecule has 2 N–H and O–H groups in total. The standard InChI is InChI=1S/C9H18N2O2/c1-7(2)13-8-3-5-11(6-4-8)9(10)12/h7-8H,3-6H2,1-2H3,(H2,10,12). The van der Waals surface area contributed by atoms with E-state index in [-0.39, 0.29) is 12.1 Å². The number of primary amides is 1. The Hall–Kier alpha value is -0.770. The molecule has 0 bridgehead atoms. The van der Waals surface area contributed by atoms with Gasteiger partial charge in [0.1, 0.15) is 0 Å². The maximum Gasteiger partial charge on any atom is 0.314 e. The van der Waals surface area contributed by atoms with Gasteiger partial charge in [-0.1, -0.05) is 0 Å². The maximum atomic E-state index is 10.8. The van der Waals surface area contributed by atoms with Crippen molar-refractivity contribution in [3.63, 3.8) is 0 Å². The smallest absolute Gasteiger partial charge is 0.314 e. The number of ether oxygens (including phenoxy) is 1. The molecular formula is C9H18N2O2. The lowest BCUT2D eigenvalue weighted by Gasteiger charge is -2.31. The van der Waals surface area contributed by atoms with Gasteiger partial charge in [0.25, 0.3) is 0 Å². The highest BCUT2D eigenvalue weighted by Gasteiger charge is 2.21. The van der Waals surface area contributed by atoms with Gasteiger partial charge in [0.05, 0.1) is 12.2 Å². The van der Waals surface area contributed by atoms with E-state index in [2.05, 4.69) is 0 Å². The summed E-state index contributed by atoms with van der Waals surface area (Å²) in [5.74, 6) is 0. The third kappa shape index (κ3) is 3.22. The molecule has 1 saturated heterocycles. The Morgan fingerprint density at radius 2 is 2.00 bits per heavy atom. The third-order valence-electron chi connectivity index (χ3n) is 2.22. The molecular weight excluding hydrogens is 168 g/mol. The number of carbonyl (C=O) groups is 1. The van der Waals surface area contributed by atoms with Crippen LogP contribution in [0.1, 0.15) is 26.7 Å². The van der Waals surface area contributed by atoms with E-state index >= 15 is 0 Å². The van der Waals surface area contributed by atoms with Crippen LogP contribution >= 0.6 is 0 Å². The van der Waals surface area contributed by atoms with E-state index in [4.69, 9.17) is 10.5 Å². The van der Waals surface area contributed by atoms with Crippen molar-refractivity contribution in [3.8, 4) is 0 Å². The van der Waals surface area contributed by atoms with Crippen molar-refractivity contribution in [3.05, 3.63) is 0 Å². The highest BCUT2D eigenvalue weighted by Crippen LogP contribution is 2.14. The monoisotopic (exact) mass is 186 g/mol. The molecule has 0 aromatic carbocycles. The Kier molecular flexibility index (Phi) is 3.54. The lowest BCUT2D eigenvalue weighted by atomic mass is 10.1. The molecule has 0 atom stereocenters. The first-order valence-corrected chi connectivity index (χ1v) is 4.79. The highest BCUT2D eigenvalue weighted by atomic mass is 16.5. The molecule has 1 rings (SSSR count). The van der Waals surface area contributed by atoms with Gasteiger partial charge in [0.15, 0.2) is 0 Å². The van der Waals surface area contributed by atoms with Crippen molar-refractivity contribution < 1.29 is 9.53 Å². The first-order chi connectivity index (χ1) is 6.09. The van der Waals surface area contributed by atoms with E-state index in [1.54, 1.807) is 4.90 Å². The first kappa shape index (κ1) is 10.3. The minimum absolute atomic E-state index is 0.269. The second-order valence-corrected chi connectivity index (χ2v) is 3.71. The molecule has 0 radical (unpaired) electrons. The van der Waals surface area contributed by atoms with Crippen LogP contribution in [-0.4, -0.2) is 36.2 Å².